The van der Waals surface area contributed by atoms with E-state index in [9.17, 15) is 5.11 Å². The predicted molar refractivity (Wildman–Crippen MR) is 65.3 cm³/mol. The zero-order chi connectivity index (χ0) is 11.2. The van der Waals surface area contributed by atoms with Crippen molar-refractivity contribution in [2.75, 3.05) is 0 Å². The van der Waals surface area contributed by atoms with E-state index in [0.717, 1.165) is 10.0 Å². The molecule has 0 heterocycles. The minimum absolute atomic E-state index is 0.840. The number of aliphatic hydroxyl groups is 1. The van der Waals surface area contributed by atoms with Gasteiger partial charge in [0.1, 0.15) is 5.60 Å². The summed E-state index contributed by atoms with van der Waals surface area (Å²) >= 11 is 3.34. The fraction of sp³-hybridized carbons (Fsp3) is 0.333. The summed E-state index contributed by atoms with van der Waals surface area (Å²) in [5.41, 5.74) is -0.101. The van der Waals surface area contributed by atoms with Gasteiger partial charge in [0.05, 0.1) is 0 Å². The molecule has 0 aliphatic heterocycles. The van der Waals surface area contributed by atoms with Crippen LogP contribution < -0.4 is 0 Å². The van der Waals surface area contributed by atoms with Crippen LogP contribution in [0.3, 0.4) is 0 Å². The topological polar surface area (TPSA) is 20.2 Å². The average molecular weight is 257 g/mol. The van der Waals surface area contributed by atoms with Gasteiger partial charge in [-0.1, -0.05) is 54.6 Å². The highest BCUT2D eigenvalue weighted by Gasteiger charge is 2.17. The number of hydrogen-bond acceptors (Lipinski definition) is 1. The van der Waals surface area contributed by atoms with Crippen molar-refractivity contribution in [3.8, 4) is 0 Å². The summed E-state index contributed by atoms with van der Waals surface area (Å²) in [4.78, 5) is 0. The molecule has 0 aliphatic rings. The fourth-order valence-electron chi connectivity index (χ4n) is 0.921. The molecule has 1 aromatic rings. The quantitative estimate of drug-likeness (QED) is 0.797. The van der Waals surface area contributed by atoms with Crippen LogP contribution in [0.2, 0.25) is 0 Å². The van der Waals surface area contributed by atoms with Crippen LogP contribution in [0.4, 0.5) is 0 Å². The summed E-state index contributed by atoms with van der Waals surface area (Å²) in [6.07, 6.45) is 1.52. The molecule has 1 atom stereocenters. The third-order valence-corrected chi connectivity index (χ3v) is 2.30. The van der Waals surface area contributed by atoms with Gasteiger partial charge in [-0.2, -0.15) is 0 Å². The maximum Gasteiger partial charge on any atom is 0.105 e. The number of halogens is 1. The molecule has 78 valence electrons. The molecule has 0 bridgehead atoms. The summed E-state index contributed by atoms with van der Waals surface area (Å²) in [5.74, 6) is 0. The summed E-state index contributed by atoms with van der Waals surface area (Å²) in [7, 11) is 0. The Bertz CT molecular complexity index is 292. The van der Waals surface area contributed by atoms with Gasteiger partial charge >= 0.3 is 0 Å². The zero-order valence-corrected chi connectivity index (χ0v) is 10.5. The van der Waals surface area contributed by atoms with Crippen LogP contribution in [0.25, 0.3) is 0 Å². The van der Waals surface area contributed by atoms with Gasteiger partial charge in [0, 0.05) is 4.47 Å². The van der Waals surface area contributed by atoms with E-state index in [1.165, 1.54) is 6.08 Å². The highest BCUT2D eigenvalue weighted by molar-refractivity contribution is 9.10. The predicted octanol–water partition coefficient (Wildman–Crippen LogP) is 3.87. The Labute approximate surface area is 94.6 Å². The smallest absolute Gasteiger partial charge is 0.105 e. The molecule has 1 N–H and O–H groups in total. The molecular formula is C12H17BrO. The van der Waals surface area contributed by atoms with E-state index in [1.54, 1.807) is 6.92 Å². The van der Waals surface area contributed by atoms with E-state index in [1.807, 2.05) is 38.1 Å². The van der Waals surface area contributed by atoms with Gasteiger partial charge in [-0.25, -0.2) is 0 Å². The SMILES string of the molecule is C=CC(C)(O)c1cccc(Br)c1.CC. The molecule has 1 nitrogen and oxygen atoms in total. The van der Waals surface area contributed by atoms with Crippen molar-refractivity contribution < 1.29 is 5.11 Å². The molecule has 0 saturated carbocycles. The monoisotopic (exact) mass is 256 g/mol. The van der Waals surface area contributed by atoms with Gasteiger partial charge in [-0.05, 0) is 24.6 Å². The second kappa shape index (κ2) is 5.99. The molecule has 0 radical (unpaired) electrons. The van der Waals surface area contributed by atoms with Crippen molar-refractivity contribution >= 4 is 15.9 Å². The first kappa shape index (κ1) is 13.4. The number of rotatable bonds is 2. The lowest BCUT2D eigenvalue weighted by atomic mass is 9.97. The standard InChI is InChI=1S/C10H11BrO.C2H6/c1-3-10(2,12)8-5-4-6-9(11)7-8;1-2/h3-7,12H,1H2,2H3;1-2H3. The number of benzene rings is 1. The van der Waals surface area contributed by atoms with Gasteiger partial charge < -0.3 is 5.11 Å². The molecule has 0 saturated heterocycles. The van der Waals surface area contributed by atoms with E-state index < -0.39 is 5.60 Å². The molecule has 0 aliphatic carbocycles. The Morgan fingerprint density at radius 3 is 2.43 bits per heavy atom. The third kappa shape index (κ3) is 3.64. The van der Waals surface area contributed by atoms with Crippen LogP contribution in [-0.2, 0) is 5.60 Å². The van der Waals surface area contributed by atoms with Gasteiger partial charge in [0.25, 0.3) is 0 Å². The van der Waals surface area contributed by atoms with Crippen LogP contribution in [0.15, 0.2) is 41.4 Å². The first-order valence-electron chi connectivity index (χ1n) is 4.68. The molecule has 1 unspecified atom stereocenters. The Balaban J connectivity index is 0.000000791. The van der Waals surface area contributed by atoms with Crippen molar-refractivity contribution in [3.05, 3.63) is 47.0 Å². The Morgan fingerprint density at radius 2 is 2.00 bits per heavy atom. The van der Waals surface area contributed by atoms with Crippen molar-refractivity contribution in [2.24, 2.45) is 0 Å². The molecule has 0 amide bonds. The van der Waals surface area contributed by atoms with E-state index >= 15 is 0 Å². The second-order valence-corrected chi connectivity index (χ2v) is 3.78. The summed E-state index contributed by atoms with van der Waals surface area (Å²) in [6.45, 7) is 9.28. The first-order valence-corrected chi connectivity index (χ1v) is 5.47. The Kier molecular flexibility index (Phi) is 5.73. The minimum Gasteiger partial charge on any atom is -0.381 e. The van der Waals surface area contributed by atoms with Crippen molar-refractivity contribution in [1.82, 2.24) is 0 Å². The molecule has 0 fully saturated rings. The lowest BCUT2D eigenvalue weighted by molar-refractivity contribution is 0.111. The fourth-order valence-corrected chi connectivity index (χ4v) is 1.32. The van der Waals surface area contributed by atoms with Gasteiger partial charge in [0.15, 0.2) is 0 Å². The average Bonchev–Trinajstić information content (AvgIpc) is 2.21. The van der Waals surface area contributed by atoms with Crippen LogP contribution in [0.1, 0.15) is 26.3 Å². The van der Waals surface area contributed by atoms with Crippen molar-refractivity contribution in [3.63, 3.8) is 0 Å². The maximum absolute atomic E-state index is 9.78. The second-order valence-electron chi connectivity index (χ2n) is 2.86. The van der Waals surface area contributed by atoms with Crippen LogP contribution in [0.5, 0.6) is 0 Å². The summed E-state index contributed by atoms with van der Waals surface area (Å²) < 4.78 is 0.960. The van der Waals surface area contributed by atoms with E-state index in [2.05, 4.69) is 22.5 Å². The lowest BCUT2D eigenvalue weighted by Gasteiger charge is -2.18. The summed E-state index contributed by atoms with van der Waals surface area (Å²) in [5, 5.41) is 9.78. The molecule has 14 heavy (non-hydrogen) atoms. The van der Waals surface area contributed by atoms with Crippen molar-refractivity contribution in [2.45, 2.75) is 26.4 Å². The van der Waals surface area contributed by atoms with E-state index in [-0.39, 0.29) is 0 Å². The molecular weight excluding hydrogens is 240 g/mol. The molecule has 1 aromatic carbocycles. The van der Waals surface area contributed by atoms with E-state index in [4.69, 9.17) is 0 Å². The molecule has 1 rings (SSSR count). The largest absolute Gasteiger partial charge is 0.381 e. The Morgan fingerprint density at radius 1 is 1.43 bits per heavy atom. The van der Waals surface area contributed by atoms with Gasteiger partial charge in [-0.3, -0.25) is 0 Å². The first-order chi connectivity index (χ1) is 6.56. The highest BCUT2D eigenvalue weighted by Crippen LogP contribution is 2.23. The normalized spacial score (nSPS) is 13.5. The van der Waals surface area contributed by atoms with Crippen molar-refractivity contribution in [1.29, 1.82) is 0 Å². The third-order valence-electron chi connectivity index (χ3n) is 1.81. The minimum atomic E-state index is -0.941. The molecule has 0 aromatic heterocycles. The lowest BCUT2D eigenvalue weighted by Crippen LogP contribution is -2.16. The van der Waals surface area contributed by atoms with E-state index in [0.29, 0.717) is 0 Å². The zero-order valence-electron chi connectivity index (χ0n) is 8.92. The molecule has 0 spiro atoms. The van der Waals surface area contributed by atoms with Crippen LogP contribution in [0, 0.1) is 0 Å². The van der Waals surface area contributed by atoms with Gasteiger partial charge in [0.2, 0.25) is 0 Å². The van der Waals surface area contributed by atoms with Gasteiger partial charge in [-0.15, -0.1) is 0 Å². The number of hydrogen-bond donors (Lipinski definition) is 1. The Hall–Kier alpha value is -0.600. The highest BCUT2D eigenvalue weighted by atomic mass is 79.9. The van der Waals surface area contributed by atoms with Crippen LogP contribution >= 0.6 is 15.9 Å². The molecule has 2 heteroatoms. The maximum atomic E-state index is 9.78. The summed E-state index contributed by atoms with van der Waals surface area (Å²) in [6, 6.07) is 7.55. The van der Waals surface area contributed by atoms with Crippen LogP contribution in [-0.4, -0.2) is 5.11 Å².